The van der Waals surface area contributed by atoms with E-state index in [-0.39, 0.29) is 144 Å². The minimum atomic E-state index is 0. The predicted octanol–water partition coefficient (Wildman–Crippen LogP) is -9.80. The van der Waals surface area contributed by atoms with Crippen molar-refractivity contribution in [1.29, 1.82) is 0 Å². The summed E-state index contributed by atoms with van der Waals surface area (Å²) in [4.78, 5) is 0. The maximum Gasteiger partial charge on any atom is 0 e. The normalized spacial score (nSPS) is 0. The molecule has 0 aromatic rings. The van der Waals surface area contributed by atoms with E-state index >= 15 is 0 Å². The zero-order chi connectivity index (χ0) is 0. The van der Waals surface area contributed by atoms with E-state index in [1.54, 1.807) is 0 Å². The summed E-state index contributed by atoms with van der Waals surface area (Å²) in [6, 6.07) is 0. The molecular weight excluding hydrogens is 930 g/mol. The second-order valence-electron chi connectivity index (χ2n) is 0. The van der Waals surface area contributed by atoms with E-state index in [9.17, 15) is 0 Å². The van der Waals surface area contributed by atoms with Crippen molar-refractivity contribution in [3.05, 3.63) is 0 Å². The Morgan fingerprint density at radius 1 is 0.231 bits per heavy atom. The van der Waals surface area contributed by atoms with Gasteiger partial charge in [-0.3, -0.25) is 0 Å². The molecule has 100 valence electrons. The van der Waals surface area contributed by atoms with Crippen LogP contribution in [-0.4, -0.2) is 102 Å². The van der Waals surface area contributed by atoms with Crippen LogP contribution in [0.3, 0.4) is 0 Å². The quantitative estimate of drug-likeness (QED) is 0.205. The molecule has 0 saturated carbocycles. The molecule has 0 amide bonds. The van der Waals surface area contributed by atoms with Gasteiger partial charge in [0, 0.05) is 42.1 Å². The Morgan fingerprint density at radius 2 is 0.231 bits per heavy atom. The fraction of sp³-hybridized carbons (Fsp3) is 0. The average molecular weight is 954 g/mol. The van der Waals surface area contributed by atoms with Crippen molar-refractivity contribution in [3.63, 3.8) is 0 Å². The van der Waals surface area contributed by atoms with Crippen molar-refractivity contribution >= 4 is 52.4 Å². The third-order valence-corrected chi connectivity index (χ3v) is 0. The van der Waals surface area contributed by atoms with Crippen LogP contribution in [0.15, 0.2) is 0 Å². The number of hydrogen-bond acceptors (Lipinski definition) is 0. The van der Waals surface area contributed by atoms with Gasteiger partial charge in [-0.15, -0.1) is 0 Å². The smallest absolute Gasteiger partial charge is 0 e. The maximum absolute atomic E-state index is 0. The maximum atomic E-state index is 0. The van der Waals surface area contributed by atoms with Crippen LogP contribution >= 0.6 is 0 Å². The minimum absolute atomic E-state index is 0. The van der Waals surface area contributed by atoms with E-state index in [1.807, 2.05) is 0 Å². The van der Waals surface area contributed by atoms with Gasteiger partial charge in [0.25, 0.3) is 0 Å². The molecule has 0 radical (unpaired) electrons. The summed E-state index contributed by atoms with van der Waals surface area (Å²) in [5.41, 5.74) is 0. The van der Waals surface area contributed by atoms with Crippen molar-refractivity contribution in [2.24, 2.45) is 0 Å². The molecule has 0 aromatic heterocycles. The van der Waals surface area contributed by atoms with Crippen LogP contribution in [0.1, 0.15) is 0 Å². The Morgan fingerprint density at radius 3 is 0.231 bits per heavy atom. The summed E-state index contributed by atoms with van der Waals surface area (Å²) < 4.78 is 0. The Kier molecular flexibility index (Phi) is 12400. The van der Waals surface area contributed by atoms with Gasteiger partial charge in [0.15, 0.2) is 0 Å². The summed E-state index contributed by atoms with van der Waals surface area (Å²) in [5, 5.41) is 0. The van der Waals surface area contributed by atoms with Crippen molar-refractivity contribution in [3.8, 4) is 0 Å². The molecule has 0 spiro atoms. The fourth-order valence-electron chi connectivity index (χ4n) is 0. The van der Waals surface area contributed by atoms with Gasteiger partial charge < -0.3 is 49.3 Å². The van der Waals surface area contributed by atoms with Crippen LogP contribution in [0.5, 0.6) is 0 Å². The summed E-state index contributed by atoms with van der Waals surface area (Å²) in [5.74, 6) is 0. The van der Waals surface area contributed by atoms with Crippen LogP contribution in [0.4, 0.5) is 0 Å². The monoisotopic (exact) mass is 954 g/mol. The van der Waals surface area contributed by atoms with Gasteiger partial charge in [-0.25, -0.2) is 0 Å². The third kappa shape index (κ3) is 312. The van der Waals surface area contributed by atoms with Gasteiger partial charge in [-0.1, -0.05) is 0 Å². The minimum Gasteiger partial charge on any atom is 0 e. The molecule has 0 saturated heterocycles. The fourth-order valence-corrected chi connectivity index (χ4v) is 0. The number of hydrogen-bond donors (Lipinski definition) is 0. The first-order chi connectivity index (χ1) is 0. The molecule has 13 heavy (non-hydrogen) atoms. The molecule has 0 aliphatic carbocycles. The molecule has 0 fully saturated rings. The van der Waals surface area contributed by atoms with Gasteiger partial charge >= 0.3 is 52.4 Å². The average Bonchev–Trinajstić information content (AvgIpc) is 0. The Balaban J connectivity index is 0. The number of rotatable bonds is 0. The van der Waals surface area contributed by atoms with Crippen molar-refractivity contribution in [2.45, 2.75) is 0 Å². The van der Waals surface area contributed by atoms with Crippen LogP contribution < -0.4 is 0 Å². The Hall–Kier alpha value is 2.78. The predicted molar refractivity (Wildman–Crippen MR) is 52.4 cm³/mol. The molecular formula is H24Bi2O9W2. The molecule has 9 nitrogen and oxygen atoms in total. The zero-order valence-electron chi connectivity index (χ0n) is 6.73. The van der Waals surface area contributed by atoms with E-state index in [4.69, 9.17) is 0 Å². The van der Waals surface area contributed by atoms with Gasteiger partial charge in [0.1, 0.15) is 0 Å². The first-order valence-corrected chi connectivity index (χ1v) is 0. The molecule has 0 atom stereocenters. The second-order valence-corrected chi connectivity index (χ2v) is 0. The van der Waals surface area contributed by atoms with E-state index in [2.05, 4.69) is 0 Å². The molecule has 0 aliphatic rings. The largest absolute Gasteiger partial charge is 0 e. The van der Waals surface area contributed by atoms with E-state index in [0.717, 1.165) is 0 Å². The molecule has 13 heteroatoms. The SMILES string of the molecule is O.O.O.O.O.O.O.O.O.[BiH3].[BiH3].[W].[W]. The van der Waals surface area contributed by atoms with E-state index < -0.39 is 0 Å². The van der Waals surface area contributed by atoms with Gasteiger partial charge in [-0.05, 0) is 0 Å². The summed E-state index contributed by atoms with van der Waals surface area (Å²) >= 11 is 0. The van der Waals surface area contributed by atoms with Gasteiger partial charge in [0.05, 0.1) is 0 Å². The summed E-state index contributed by atoms with van der Waals surface area (Å²) in [6.07, 6.45) is 0. The Bertz CT molecular complexity index is 15.6. The van der Waals surface area contributed by atoms with E-state index in [0.29, 0.717) is 0 Å². The van der Waals surface area contributed by atoms with Crippen LogP contribution in [0, 0.1) is 0 Å². The van der Waals surface area contributed by atoms with Crippen LogP contribution in [0.25, 0.3) is 0 Å². The zero-order valence-corrected chi connectivity index (χ0v) is 23.6. The molecule has 0 bridgehead atoms. The third-order valence-electron chi connectivity index (χ3n) is 0. The Labute approximate surface area is 142 Å². The molecule has 0 aromatic carbocycles. The van der Waals surface area contributed by atoms with E-state index in [1.165, 1.54) is 0 Å². The topological polar surface area (TPSA) is 284 Å². The van der Waals surface area contributed by atoms with Gasteiger partial charge in [0.2, 0.25) is 0 Å². The first-order valence-electron chi connectivity index (χ1n) is 0. The van der Waals surface area contributed by atoms with Crippen LogP contribution in [-0.2, 0) is 42.1 Å². The van der Waals surface area contributed by atoms with Gasteiger partial charge in [-0.2, -0.15) is 0 Å². The summed E-state index contributed by atoms with van der Waals surface area (Å²) in [7, 11) is 0. The molecule has 0 unspecified atom stereocenters. The van der Waals surface area contributed by atoms with Crippen LogP contribution in [0.2, 0.25) is 0 Å². The standard InChI is InChI=1S/2Bi.9H2O.2W.6H/h;;9*1H2;;;;;;;;. The van der Waals surface area contributed by atoms with Crippen molar-refractivity contribution in [2.75, 3.05) is 0 Å². The molecule has 0 aliphatic heterocycles. The molecule has 0 rings (SSSR count). The second kappa shape index (κ2) is 363. The molecule has 0 heterocycles. The molecule has 18 N–H and O–H groups in total. The first kappa shape index (κ1) is 445. The summed E-state index contributed by atoms with van der Waals surface area (Å²) in [6.45, 7) is 0. The van der Waals surface area contributed by atoms with Crippen molar-refractivity contribution < 1.29 is 91.4 Å². The van der Waals surface area contributed by atoms with Crippen molar-refractivity contribution in [1.82, 2.24) is 0 Å².